The molecule has 0 bridgehead atoms. The van der Waals surface area contributed by atoms with Gasteiger partial charge in [-0.15, -0.1) is 11.3 Å². The van der Waals surface area contributed by atoms with Gasteiger partial charge in [-0.1, -0.05) is 6.07 Å². The Labute approximate surface area is 108 Å². The van der Waals surface area contributed by atoms with Gasteiger partial charge in [-0.3, -0.25) is 4.79 Å². The van der Waals surface area contributed by atoms with Crippen LogP contribution in [0.5, 0.6) is 0 Å². The van der Waals surface area contributed by atoms with Crippen LogP contribution in [0.15, 0.2) is 24.3 Å². The van der Waals surface area contributed by atoms with Crippen molar-refractivity contribution in [3.8, 4) is 6.07 Å². The normalized spacial score (nSPS) is 12.1. The van der Waals surface area contributed by atoms with Crippen molar-refractivity contribution in [2.24, 2.45) is 5.92 Å². The van der Waals surface area contributed by atoms with Gasteiger partial charge in [0.25, 0.3) is 5.91 Å². The molecule has 1 aromatic carbocycles. The molecule has 0 aliphatic carbocycles. The molecule has 2 aromatic rings. The lowest BCUT2D eigenvalue weighted by molar-refractivity contribution is 0.0955. The maximum Gasteiger partial charge on any atom is 0.261 e. The molecule has 1 atom stereocenters. The third-order valence-electron chi connectivity index (χ3n) is 2.50. The number of fused-ring (bicyclic) bond motifs is 1. The summed E-state index contributed by atoms with van der Waals surface area (Å²) in [6.45, 7) is 2.05. The van der Waals surface area contributed by atoms with Crippen LogP contribution in [-0.4, -0.2) is 12.5 Å². The van der Waals surface area contributed by atoms with E-state index in [0.29, 0.717) is 11.4 Å². The number of hydrogen-bond donors (Lipinski definition) is 1. The van der Waals surface area contributed by atoms with Gasteiger partial charge in [-0.25, -0.2) is 4.39 Å². The number of nitriles is 1. The van der Waals surface area contributed by atoms with E-state index in [1.165, 1.54) is 23.5 Å². The molecule has 0 fully saturated rings. The highest BCUT2D eigenvalue weighted by Crippen LogP contribution is 2.26. The molecule has 1 aromatic heterocycles. The van der Waals surface area contributed by atoms with Crippen LogP contribution in [0.1, 0.15) is 16.6 Å². The fraction of sp³-hybridized carbons (Fsp3) is 0.231. The number of rotatable bonds is 3. The Morgan fingerprint density at radius 3 is 3.06 bits per heavy atom. The number of carbonyl (C=O) groups excluding carboxylic acids is 1. The number of carbonyl (C=O) groups is 1. The Kier molecular flexibility index (Phi) is 3.58. The molecule has 1 N–H and O–H groups in total. The SMILES string of the molecule is CC(C#N)CNC(=O)c1cc2ccc(F)cc2s1. The molecule has 18 heavy (non-hydrogen) atoms. The van der Waals surface area contributed by atoms with E-state index in [4.69, 9.17) is 5.26 Å². The van der Waals surface area contributed by atoms with Crippen LogP contribution < -0.4 is 5.32 Å². The molecule has 0 saturated heterocycles. The van der Waals surface area contributed by atoms with E-state index in [-0.39, 0.29) is 17.6 Å². The van der Waals surface area contributed by atoms with Crippen molar-refractivity contribution in [2.75, 3.05) is 6.54 Å². The largest absolute Gasteiger partial charge is 0.350 e. The van der Waals surface area contributed by atoms with Crippen LogP contribution in [0, 0.1) is 23.1 Å². The zero-order chi connectivity index (χ0) is 13.1. The molecule has 1 amide bonds. The van der Waals surface area contributed by atoms with Crippen LogP contribution in [0.25, 0.3) is 10.1 Å². The second-order valence-electron chi connectivity index (χ2n) is 4.03. The van der Waals surface area contributed by atoms with E-state index in [2.05, 4.69) is 5.32 Å². The van der Waals surface area contributed by atoms with E-state index >= 15 is 0 Å². The highest BCUT2D eigenvalue weighted by Gasteiger charge is 2.11. The minimum atomic E-state index is -0.311. The Balaban J connectivity index is 2.16. The smallest absolute Gasteiger partial charge is 0.261 e. The molecule has 0 radical (unpaired) electrons. The third kappa shape index (κ3) is 2.66. The molecule has 92 valence electrons. The Morgan fingerprint density at radius 2 is 2.33 bits per heavy atom. The monoisotopic (exact) mass is 262 g/mol. The number of nitrogens with zero attached hydrogens (tertiary/aromatic N) is 1. The zero-order valence-electron chi connectivity index (χ0n) is 9.74. The summed E-state index contributed by atoms with van der Waals surface area (Å²) in [4.78, 5) is 12.3. The maximum atomic E-state index is 13.0. The summed E-state index contributed by atoms with van der Waals surface area (Å²) in [6.07, 6.45) is 0. The van der Waals surface area contributed by atoms with Gasteiger partial charge in [0.2, 0.25) is 0 Å². The van der Waals surface area contributed by atoms with E-state index in [9.17, 15) is 9.18 Å². The number of benzene rings is 1. The lowest BCUT2D eigenvalue weighted by atomic mass is 10.2. The first-order valence-electron chi connectivity index (χ1n) is 5.47. The first kappa shape index (κ1) is 12.5. The van der Waals surface area contributed by atoms with Crippen LogP contribution in [0.2, 0.25) is 0 Å². The van der Waals surface area contributed by atoms with Crippen molar-refractivity contribution < 1.29 is 9.18 Å². The summed E-state index contributed by atoms with van der Waals surface area (Å²) in [5.74, 6) is -0.756. The number of halogens is 1. The third-order valence-corrected chi connectivity index (χ3v) is 3.59. The van der Waals surface area contributed by atoms with E-state index < -0.39 is 0 Å². The maximum absolute atomic E-state index is 13.0. The van der Waals surface area contributed by atoms with E-state index in [1.54, 1.807) is 19.1 Å². The van der Waals surface area contributed by atoms with Gasteiger partial charge in [0.1, 0.15) is 5.82 Å². The first-order valence-corrected chi connectivity index (χ1v) is 6.28. The van der Waals surface area contributed by atoms with Gasteiger partial charge < -0.3 is 5.32 Å². The molecular weight excluding hydrogens is 251 g/mol. The van der Waals surface area contributed by atoms with Gasteiger partial charge in [0.05, 0.1) is 16.9 Å². The fourth-order valence-corrected chi connectivity index (χ4v) is 2.50. The molecular formula is C13H11FN2OS. The van der Waals surface area contributed by atoms with Crippen LogP contribution in [0.3, 0.4) is 0 Å². The summed E-state index contributed by atoms with van der Waals surface area (Å²) in [7, 11) is 0. The van der Waals surface area contributed by atoms with Crippen molar-refractivity contribution in [3.05, 3.63) is 35.0 Å². The first-order chi connectivity index (χ1) is 8.60. The molecule has 3 nitrogen and oxygen atoms in total. The molecule has 0 spiro atoms. The second-order valence-corrected chi connectivity index (χ2v) is 5.12. The summed E-state index contributed by atoms with van der Waals surface area (Å²) in [6, 6.07) is 8.20. The molecule has 0 aliphatic rings. The Morgan fingerprint density at radius 1 is 1.56 bits per heavy atom. The van der Waals surface area contributed by atoms with Gasteiger partial charge in [-0.2, -0.15) is 5.26 Å². The number of thiophene rings is 1. The quantitative estimate of drug-likeness (QED) is 0.924. The summed E-state index contributed by atoms with van der Waals surface area (Å²) < 4.78 is 13.8. The van der Waals surface area contributed by atoms with E-state index in [0.717, 1.165) is 10.1 Å². The van der Waals surface area contributed by atoms with Crippen molar-refractivity contribution >= 4 is 27.3 Å². The van der Waals surface area contributed by atoms with Crippen LogP contribution in [-0.2, 0) is 0 Å². The molecule has 2 rings (SSSR count). The minimum absolute atomic E-state index is 0.222. The molecule has 1 heterocycles. The average molecular weight is 262 g/mol. The van der Waals surface area contributed by atoms with Crippen molar-refractivity contribution in [1.82, 2.24) is 5.32 Å². The summed E-state index contributed by atoms with van der Waals surface area (Å²) >= 11 is 1.24. The Bertz CT molecular complexity index is 629. The number of hydrogen-bond acceptors (Lipinski definition) is 3. The highest BCUT2D eigenvalue weighted by molar-refractivity contribution is 7.20. The van der Waals surface area contributed by atoms with Crippen molar-refractivity contribution in [3.63, 3.8) is 0 Å². The lowest BCUT2D eigenvalue weighted by Gasteiger charge is -2.03. The molecule has 0 aliphatic heterocycles. The van der Waals surface area contributed by atoms with Gasteiger partial charge in [0, 0.05) is 11.2 Å². The zero-order valence-corrected chi connectivity index (χ0v) is 10.6. The average Bonchev–Trinajstić information content (AvgIpc) is 2.78. The van der Waals surface area contributed by atoms with Crippen molar-refractivity contribution in [2.45, 2.75) is 6.92 Å². The van der Waals surface area contributed by atoms with Crippen molar-refractivity contribution in [1.29, 1.82) is 5.26 Å². The predicted octanol–water partition coefficient (Wildman–Crippen LogP) is 2.93. The highest BCUT2D eigenvalue weighted by atomic mass is 32.1. The van der Waals surface area contributed by atoms with Crippen LogP contribution >= 0.6 is 11.3 Å². The second kappa shape index (κ2) is 5.15. The van der Waals surface area contributed by atoms with Gasteiger partial charge >= 0.3 is 0 Å². The van der Waals surface area contributed by atoms with Gasteiger partial charge in [0.15, 0.2) is 0 Å². The fourth-order valence-electron chi connectivity index (χ4n) is 1.50. The predicted molar refractivity (Wildman–Crippen MR) is 68.9 cm³/mol. The molecule has 5 heteroatoms. The summed E-state index contributed by atoms with van der Waals surface area (Å²) in [5.41, 5.74) is 0. The van der Waals surface area contributed by atoms with E-state index in [1.807, 2.05) is 6.07 Å². The minimum Gasteiger partial charge on any atom is -0.350 e. The Hall–Kier alpha value is -1.93. The summed E-state index contributed by atoms with van der Waals surface area (Å²) in [5, 5.41) is 12.2. The lowest BCUT2D eigenvalue weighted by Crippen LogP contribution is -2.26. The molecule has 0 saturated carbocycles. The number of amides is 1. The standard InChI is InChI=1S/C13H11FN2OS/c1-8(6-15)7-16-13(17)12-4-9-2-3-10(14)5-11(9)18-12/h2-5,8H,7H2,1H3,(H,16,17). The van der Waals surface area contributed by atoms with Crippen LogP contribution in [0.4, 0.5) is 4.39 Å². The van der Waals surface area contributed by atoms with Gasteiger partial charge in [-0.05, 0) is 30.5 Å². The topological polar surface area (TPSA) is 52.9 Å². The number of nitrogens with one attached hydrogen (secondary N) is 1. The molecule has 1 unspecified atom stereocenters.